The summed E-state index contributed by atoms with van der Waals surface area (Å²) >= 11 is 0. The van der Waals surface area contributed by atoms with E-state index >= 15 is 0 Å². The van der Waals surface area contributed by atoms with Crippen molar-refractivity contribution in [3.63, 3.8) is 0 Å². The first-order valence-electron chi connectivity index (χ1n) is 9.97. The van der Waals surface area contributed by atoms with Crippen molar-refractivity contribution in [1.82, 2.24) is 9.88 Å². The number of nitrogens with one attached hydrogen (secondary N) is 1. The van der Waals surface area contributed by atoms with Crippen LogP contribution in [0, 0.1) is 18.6 Å². The van der Waals surface area contributed by atoms with Crippen molar-refractivity contribution in [2.24, 2.45) is 0 Å². The number of halogens is 2. The van der Waals surface area contributed by atoms with Gasteiger partial charge in [0.15, 0.2) is 0 Å². The third kappa shape index (κ3) is 4.34. The third-order valence-corrected chi connectivity index (χ3v) is 5.33. The van der Waals surface area contributed by atoms with E-state index in [0.29, 0.717) is 16.7 Å². The van der Waals surface area contributed by atoms with Gasteiger partial charge in [0.25, 0.3) is 0 Å². The number of fused-ring (bicyclic) bond motifs is 1. The molecule has 0 bridgehead atoms. The second-order valence-electron chi connectivity index (χ2n) is 7.56. The minimum atomic E-state index is -1.06. The minimum absolute atomic E-state index is 0.144. The second-order valence-corrected chi connectivity index (χ2v) is 7.56. The van der Waals surface area contributed by atoms with Crippen molar-refractivity contribution in [1.29, 1.82) is 0 Å². The second kappa shape index (κ2) is 8.70. The fourth-order valence-electron chi connectivity index (χ4n) is 3.90. The highest BCUT2D eigenvalue weighted by atomic mass is 19.1. The molecule has 0 saturated heterocycles. The van der Waals surface area contributed by atoms with E-state index in [1.54, 1.807) is 34.9 Å². The van der Waals surface area contributed by atoms with Gasteiger partial charge in [-0.15, -0.1) is 0 Å². The molecule has 0 aliphatic heterocycles. The van der Waals surface area contributed by atoms with Gasteiger partial charge in [-0.05, 0) is 42.3 Å². The summed E-state index contributed by atoms with van der Waals surface area (Å²) < 4.78 is 29.3. The molecular formula is C25H22F2N2O2. The Morgan fingerprint density at radius 2 is 1.81 bits per heavy atom. The van der Waals surface area contributed by atoms with Crippen molar-refractivity contribution in [3.05, 3.63) is 106 Å². The average Bonchev–Trinajstić information content (AvgIpc) is 3.02. The highest BCUT2D eigenvalue weighted by molar-refractivity contribution is 5.98. The lowest BCUT2D eigenvalue weighted by molar-refractivity contribution is 0.0684. The maximum Gasteiger partial charge on any atom is 0.352 e. The highest BCUT2D eigenvalue weighted by Crippen LogP contribution is 2.29. The van der Waals surface area contributed by atoms with Gasteiger partial charge in [0.1, 0.15) is 17.3 Å². The summed E-state index contributed by atoms with van der Waals surface area (Å²) in [5, 5.41) is 14.0. The van der Waals surface area contributed by atoms with Gasteiger partial charge in [0.2, 0.25) is 0 Å². The Morgan fingerprint density at radius 3 is 2.55 bits per heavy atom. The van der Waals surface area contributed by atoms with E-state index < -0.39 is 5.97 Å². The summed E-state index contributed by atoms with van der Waals surface area (Å²) in [6, 6.07) is 18.4. The number of hydrogen-bond acceptors (Lipinski definition) is 2. The molecule has 2 N–H and O–H groups in total. The number of nitrogens with zero attached hydrogens (tertiary/aromatic N) is 1. The lowest BCUT2D eigenvalue weighted by atomic mass is 10.1. The number of benzene rings is 3. The van der Waals surface area contributed by atoms with E-state index in [4.69, 9.17) is 0 Å². The molecule has 0 saturated carbocycles. The zero-order valence-corrected chi connectivity index (χ0v) is 17.0. The smallest absolute Gasteiger partial charge is 0.352 e. The minimum Gasteiger partial charge on any atom is -0.477 e. The summed E-state index contributed by atoms with van der Waals surface area (Å²) in [5.74, 6) is -1.74. The van der Waals surface area contributed by atoms with E-state index in [0.717, 1.165) is 16.5 Å². The Balaban J connectivity index is 1.74. The molecule has 0 fully saturated rings. The molecule has 4 nitrogen and oxygen atoms in total. The lowest BCUT2D eigenvalue weighted by Gasteiger charge is -2.10. The molecule has 6 heteroatoms. The van der Waals surface area contributed by atoms with E-state index in [9.17, 15) is 18.7 Å². The first-order valence-corrected chi connectivity index (χ1v) is 9.97. The van der Waals surface area contributed by atoms with E-state index in [2.05, 4.69) is 5.32 Å². The van der Waals surface area contributed by atoms with Crippen molar-refractivity contribution in [2.75, 3.05) is 0 Å². The van der Waals surface area contributed by atoms with Crippen LogP contribution in [-0.2, 0) is 19.6 Å². The van der Waals surface area contributed by atoms with Gasteiger partial charge in [-0.2, -0.15) is 0 Å². The SMILES string of the molecule is Cc1ccc2c(CNCc3ccccc3F)c(C(=O)O)n(Cc3cccc(F)c3)c2c1. The predicted octanol–water partition coefficient (Wildman–Crippen LogP) is 5.26. The van der Waals surface area contributed by atoms with Crippen LogP contribution in [0.15, 0.2) is 66.7 Å². The van der Waals surface area contributed by atoms with Crippen LogP contribution in [0.2, 0.25) is 0 Å². The summed E-state index contributed by atoms with van der Waals surface area (Å²) in [4.78, 5) is 12.3. The third-order valence-electron chi connectivity index (χ3n) is 5.33. The molecule has 1 heterocycles. The molecular weight excluding hydrogens is 398 g/mol. The predicted molar refractivity (Wildman–Crippen MR) is 116 cm³/mol. The molecule has 4 aromatic rings. The highest BCUT2D eigenvalue weighted by Gasteiger charge is 2.22. The lowest BCUT2D eigenvalue weighted by Crippen LogP contribution is -2.17. The zero-order valence-electron chi connectivity index (χ0n) is 17.0. The van der Waals surface area contributed by atoms with Gasteiger partial charge in [-0.25, -0.2) is 13.6 Å². The van der Waals surface area contributed by atoms with Crippen LogP contribution in [0.1, 0.15) is 32.7 Å². The van der Waals surface area contributed by atoms with Gasteiger partial charge in [-0.1, -0.05) is 42.5 Å². The number of carboxylic acid groups (broad SMARTS) is 1. The molecule has 0 radical (unpaired) electrons. The summed E-state index contributed by atoms with van der Waals surface area (Å²) in [6.07, 6.45) is 0. The van der Waals surface area contributed by atoms with Crippen LogP contribution >= 0.6 is 0 Å². The number of carboxylic acids is 1. The molecule has 4 rings (SSSR count). The monoisotopic (exact) mass is 420 g/mol. The number of aryl methyl sites for hydroxylation is 1. The Hall–Kier alpha value is -3.51. The standard InChI is InChI=1S/C25H22F2N2O2/c1-16-9-10-20-21(14-28-13-18-6-2-3-8-22(18)27)24(25(30)31)29(23(20)11-16)15-17-5-4-7-19(26)12-17/h2-12,28H,13-15H2,1H3,(H,30,31). The summed E-state index contributed by atoms with van der Waals surface area (Å²) in [5.41, 5.74) is 3.71. The quantitative estimate of drug-likeness (QED) is 0.429. The van der Waals surface area contributed by atoms with Gasteiger partial charge >= 0.3 is 5.97 Å². The fraction of sp³-hybridized carbons (Fsp3) is 0.160. The number of carbonyl (C=O) groups is 1. The molecule has 158 valence electrons. The molecule has 3 aromatic carbocycles. The molecule has 0 aliphatic carbocycles. The Kier molecular flexibility index (Phi) is 5.82. The van der Waals surface area contributed by atoms with Crippen molar-refractivity contribution >= 4 is 16.9 Å². The van der Waals surface area contributed by atoms with Crippen molar-refractivity contribution < 1.29 is 18.7 Å². The summed E-state index contributed by atoms with van der Waals surface area (Å²) in [7, 11) is 0. The van der Waals surface area contributed by atoms with E-state index in [-0.39, 0.29) is 37.0 Å². The maximum absolute atomic E-state index is 13.9. The first kappa shape index (κ1) is 20.8. The largest absolute Gasteiger partial charge is 0.477 e. The van der Waals surface area contributed by atoms with E-state index in [1.807, 2.05) is 25.1 Å². The normalized spacial score (nSPS) is 11.2. The van der Waals surface area contributed by atoms with Crippen LogP contribution in [0.4, 0.5) is 8.78 Å². The van der Waals surface area contributed by atoms with E-state index in [1.165, 1.54) is 18.2 Å². The summed E-state index contributed by atoms with van der Waals surface area (Å²) in [6.45, 7) is 2.70. The molecule has 0 unspecified atom stereocenters. The average molecular weight is 420 g/mol. The Labute approximate surface area is 178 Å². The Bertz CT molecular complexity index is 1260. The van der Waals surface area contributed by atoms with Crippen LogP contribution < -0.4 is 5.32 Å². The van der Waals surface area contributed by atoms with Crippen LogP contribution in [0.25, 0.3) is 10.9 Å². The van der Waals surface area contributed by atoms with Gasteiger partial charge in [-0.3, -0.25) is 0 Å². The number of aromatic nitrogens is 1. The molecule has 0 aliphatic rings. The number of aromatic carboxylic acids is 1. The maximum atomic E-state index is 13.9. The van der Waals surface area contributed by atoms with Gasteiger partial charge in [0, 0.05) is 41.7 Å². The number of rotatable bonds is 7. The molecule has 1 aromatic heterocycles. The van der Waals surface area contributed by atoms with Gasteiger partial charge in [0.05, 0.1) is 0 Å². The van der Waals surface area contributed by atoms with Crippen LogP contribution in [-0.4, -0.2) is 15.6 Å². The van der Waals surface area contributed by atoms with Crippen LogP contribution in [0.3, 0.4) is 0 Å². The Morgan fingerprint density at radius 1 is 1.00 bits per heavy atom. The molecule has 31 heavy (non-hydrogen) atoms. The van der Waals surface area contributed by atoms with Crippen molar-refractivity contribution in [3.8, 4) is 0 Å². The topological polar surface area (TPSA) is 54.3 Å². The molecule has 0 spiro atoms. The zero-order chi connectivity index (χ0) is 22.0. The fourth-order valence-corrected chi connectivity index (χ4v) is 3.90. The van der Waals surface area contributed by atoms with Crippen molar-refractivity contribution in [2.45, 2.75) is 26.6 Å². The molecule has 0 amide bonds. The first-order chi connectivity index (χ1) is 14.9. The van der Waals surface area contributed by atoms with Crippen LogP contribution in [0.5, 0.6) is 0 Å². The molecule has 0 atom stereocenters. The number of hydrogen-bond donors (Lipinski definition) is 2. The van der Waals surface area contributed by atoms with Gasteiger partial charge < -0.3 is 15.0 Å².